The minimum absolute atomic E-state index is 0.0803. The number of nitrogens with one attached hydrogen (secondary N) is 2. The Kier molecular flexibility index (Phi) is 4.57. The molecule has 0 bridgehead atoms. The van der Waals surface area contributed by atoms with Gasteiger partial charge in [-0.25, -0.2) is 4.99 Å². The van der Waals surface area contributed by atoms with Gasteiger partial charge in [-0.3, -0.25) is 9.59 Å². The molecule has 2 aliphatic heterocycles. The molecule has 0 spiro atoms. The molecule has 1 aromatic carbocycles. The highest BCUT2D eigenvalue weighted by atomic mass is 32.2. The van der Waals surface area contributed by atoms with Crippen LogP contribution in [-0.2, 0) is 15.8 Å². The highest BCUT2D eigenvalue weighted by Gasteiger charge is 2.31. The van der Waals surface area contributed by atoms with Crippen LogP contribution in [0.2, 0.25) is 0 Å². The molecular formula is C14H10F3N5O2S. The lowest BCUT2D eigenvalue weighted by Gasteiger charge is -2.16. The molecule has 0 saturated heterocycles. The lowest BCUT2D eigenvalue weighted by molar-refractivity contribution is -0.137. The smallest absolute Gasteiger partial charge is 0.325 e. The molecule has 0 radical (unpaired) electrons. The Balaban J connectivity index is 1.54. The van der Waals surface area contributed by atoms with Crippen LogP contribution in [0.15, 0.2) is 51.3 Å². The predicted octanol–water partition coefficient (Wildman–Crippen LogP) is 2.54. The number of fused-ring (bicyclic) bond motifs is 1. The number of carbonyl (C=O) groups excluding carboxylic acids is 2. The Morgan fingerprint density at radius 2 is 2.00 bits per heavy atom. The number of hydrogen-bond donors (Lipinski definition) is 2. The summed E-state index contributed by atoms with van der Waals surface area (Å²) in [6, 6.07) is 4.10. The maximum absolute atomic E-state index is 12.5. The largest absolute Gasteiger partial charge is 0.416 e. The van der Waals surface area contributed by atoms with E-state index >= 15 is 0 Å². The Hall–Kier alpha value is -2.69. The highest BCUT2D eigenvalue weighted by Crippen LogP contribution is 2.29. The topological polar surface area (TPSA) is 95.3 Å². The summed E-state index contributed by atoms with van der Waals surface area (Å²) in [7, 11) is 0. The second-order valence-corrected chi connectivity index (χ2v) is 5.95. The lowest BCUT2D eigenvalue weighted by atomic mass is 10.2. The van der Waals surface area contributed by atoms with Crippen LogP contribution in [0.5, 0.6) is 0 Å². The number of benzene rings is 1. The van der Waals surface area contributed by atoms with E-state index < -0.39 is 23.8 Å². The molecule has 1 atom stereocenters. The average molecular weight is 369 g/mol. The van der Waals surface area contributed by atoms with Crippen molar-refractivity contribution in [3.8, 4) is 0 Å². The molecular weight excluding hydrogens is 359 g/mol. The van der Waals surface area contributed by atoms with Crippen molar-refractivity contribution >= 4 is 34.4 Å². The van der Waals surface area contributed by atoms with Crippen LogP contribution in [-0.4, -0.2) is 28.9 Å². The Bertz CT molecular complexity index is 802. The van der Waals surface area contributed by atoms with Crippen LogP contribution >= 0.6 is 11.8 Å². The normalized spacial score (nSPS) is 19.0. The fourth-order valence-electron chi connectivity index (χ4n) is 2.02. The number of amides is 2. The number of hydrogen-bond acceptors (Lipinski definition) is 6. The number of alkyl halides is 3. The number of aliphatic imine (C=N–C) groups is 1. The quantitative estimate of drug-likeness (QED) is 0.857. The van der Waals surface area contributed by atoms with Gasteiger partial charge in [-0.15, -0.1) is 0 Å². The van der Waals surface area contributed by atoms with Gasteiger partial charge in [-0.1, -0.05) is 11.8 Å². The second kappa shape index (κ2) is 6.67. The van der Waals surface area contributed by atoms with Crippen molar-refractivity contribution in [3.05, 3.63) is 41.6 Å². The molecule has 2 amide bonds. The van der Waals surface area contributed by atoms with Gasteiger partial charge in [-0.05, 0) is 24.3 Å². The van der Waals surface area contributed by atoms with Crippen LogP contribution in [0.4, 0.5) is 18.9 Å². The van der Waals surface area contributed by atoms with Gasteiger partial charge in [0.25, 0.3) is 5.91 Å². The van der Waals surface area contributed by atoms with Crippen LogP contribution in [0.1, 0.15) is 5.56 Å². The fraction of sp³-hybridized carbons (Fsp3) is 0.214. The molecule has 1 unspecified atom stereocenters. The zero-order valence-corrected chi connectivity index (χ0v) is 13.2. The molecule has 2 aliphatic rings. The summed E-state index contributed by atoms with van der Waals surface area (Å²) in [4.78, 5) is 27.7. The molecule has 0 saturated carbocycles. The Labute approximate surface area is 143 Å². The third-order valence-corrected chi connectivity index (χ3v) is 4.10. The molecule has 2 N–H and O–H groups in total. The van der Waals surface area contributed by atoms with Crippen LogP contribution in [0, 0.1) is 0 Å². The molecule has 0 aromatic heterocycles. The van der Waals surface area contributed by atoms with Gasteiger partial charge < -0.3 is 10.6 Å². The van der Waals surface area contributed by atoms with Crippen molar-refractivity contribution in [1.29, 1.82) is 0 Å². The van der Waals surface area contributed by atoms with Gasteiger partial charge >= 0.3 is 6.18 Å². The first kappa shape index (κ1) is 17.1. The summed E-state index contributed by atoms with van der Waals surface area (Å²) in [5, 5.41) is 12.6. The van der Waals surface area contributed by atoms with Gasteiger partial charge in [0.1, 0.15) is 0 Å². The first-order valence-electron chi connectivity index (χ1n) is 6.92. The van der Waals surface area contributed by atoms with Gasteiger partial charge in [0.05, 0.1) is 23.1 Å². The number of azo groups is 1. The van der Waals surface area contributed by atoms with E-state index in [4.69, 9.17) is 0 Å². The van der Waals surface area contributed by atoms with Crippen molar-refractivity contribution in [1.82, 2.24) is 5.32 Å². The van der Waals surface area contributed by atoms with Crippen molar-refractivity contribution in [2.45, 2.75) is 12.3 Å². The van der Waals surface area contributed by atoms with Crippen LogP contribution < -0.4 is 10.6 Å². The zero-order chi connectivity index (χ0) is 18.0. The number of rotatable bonds is 3. The van der Waals surface area contributed by atoms with E-state index in [0.717, 1.165) is 23.9 Å². The number of carbonyl (C=O) groups is 2. The molecule has 130 valence electrons. The minimum Gasteiger partial charge on any atom is -0.325 e. The Morgan fingerprint density at radius 3 is 2.68 bits per heavy atom. The number of nitrogens with zero attached hydrogens (tertiary/aromatic N) is 3. The van der Waals surface area contributed by atoms with Gasteiger partial charge in [0.15, 0.2) is 11.3 Å². The molecule has 0 aliphatic carbocycles. The predicted molar refractivity (Wildman–Crippen MR) is 84.8 cm³/mol. The molecule has 11 heteroatoms. The maximum Gasteiger partial charge on any atom is 0.416 e. The minimum atomic E-state index is -4.43. The summed E-state index contributed by atoms with van der Waals surface area (Å²) in [5.41, 5.74) is -0.227. The maximum atomic E-state index is 12.5. The molecule has 0 fully saturated rings. The van der Waals surface area contributed by atoms with Gasteiger partial charge in [0, 0.05) is 5.69 Å². The van der Waals surface area contributed by atoms with Crippen LogP contribution in [0.25, 0.3) is 0 Å². The third-order valence-electron chi connectivity index (χ3n) is 3.21. The summed E-state index contributed by atoms with van der Waals surface area (Å²) < 4.78 is 37.4. The van der Waals surface area contributed by atoms with E-state index in [0.29, 0.717) is 5.57 Å². The third kappa shape index (κ3) is 4.05. The van der Waals surface area contributed by atoms with E-state index in [1.165, 1.54) is 18.3 Å². The summed E-state index contributed by atoms with van der Waals surface area (Å²) in [5.74, 6) is -0.907. The van der Waals surface area contributed by atoms with Crippen molar-refractivity contribution in [3.63, 3.8) is 0 Å². The van der Waals surface area contributed by atoms with Crippen molar-refractivity contribution in [2.24, 2.45) is 15.2 Å². The monoisotopic (exact) mass is 369 g/mol. The number of anilines is 1. The van der Waals surface area contributed by atoms with E-state index in [9.17, 15) is 22.8 Å². The fourth-order valence-corrected chi connectivity index (χ4v) is 2.70. The number of amidine groups is 1. The summed E-state index contributed by atoms with van der Waals surface area (Å²) in [6.45, 7) is 0. The average Bonchev–Trinajstić information content (AvgIpc) is 3.02. The van der Waals surface area contributed by atoms with Crippen molar-refractivity contribution in [2.75, 3.05) is 11.1 Å². The Morgan fingerprint density at radius 1 is 1.28 bits per heavy atom. The zero-order valence-electron chi connectivity index (χ0n) is 12.4. The van der Waals surface area contributed by atoms with Gasteiger partial charge in [0.2, 0.25) is 5.91 Å². The van der Waals surface area contributed by atoms with E-state index in [2.05, 4.69) is 25.9 Å². The standard InChI is InChI=1S/C14H10F3N5O2S/c15-14(16,17)7-1-3-8(4-2-7)19-10(23)6-25-13-20-11-9(5-18-22-11)12(24)21-13/h1-5,11H,6H2,(H,19,23)(H,20,21,24). The lowest BCUT2D eigenvalue weighted by Crippen LogP contribution is -2.38. The first-order chi connectivity index (χ1) is 11.8. The number of thioether (sulfide) groups is 1. The van der Waals surface area contributed by atoms with E-state index in [1.54, 1.807) is 0 Å². The molecule has 3 rings (SSSR count). The molecule has 1 aromatic rings. The highest BCUT2D eigenvalue weighted by molar-refractivity contribution is 8.14. The molecule has 2 heterocycles. The van der Waals surface area contributed by atoms with E-state index in [1.807, 2.05) is 0 Å². The van der Waals surface area contributed by atoms with E-state index in [-0.39, 0.29) is 22.5 Å². The van der Waals surface area contributed by atoms with Gasteiger partial charge in [-0.2, -0.15) is 23.4 Å². The number of halogens is 3. The first-order valence-corrected chi connectivity index (χ1v) is 7.90. The van der Waals surface area contributed by atoms with Crippen LogP contribution in [0.3, 0.4) is 0 Å². The molecule has 25 heavy (non-hydrogen) atoms. The summed E-state index contributed by atoms with van der Waals surface area (Å²) in [6.07, 6.45) is -3.79. The second-order valence-electron chi connectivity index (χ2n) is 4.99. The van der Waals surface area contributed by atoms with Crippen molar-refractivity contribution < 1.29 is 22.8 Å². The molecule has 7 nitrogen and oxygen atoms in total. The SMILES string of the molecule is O=C(CSC1=NC2N=NC=C2C(=O)N1)Nc1ccc(C(F)(F)F)cc1. The summed E-state index contributed by atoms with van der Waals surface area (Å²) >= 11 is 0.982.